The fraction of sp³-hybridized carbons (Fsp3) is 0.733. The predicted octanol–water partition coefficient (Wildman–Crippen LogP) is 4.73. The molecule has 0 aromatic heterocycles. The average molecular weight is 204 g/mol. The van der Waals surface area contributed by atoms with Crippen LogP contribution in [0.4, 0.5) is 0 Å². The van der Waals surface area contributed by atoms with Gasteiger partial charge in [0.15, 0.2) is 0 Å². The van der Waals surface area contributed by atoms with Crippen molar-refractivity contribution in [3.05, 3.63) is 24.3 Å². The van der Waals surface area contributed by atoms with Crippen molar-refractivity contribution >= 4 is 0 Å². The van der Waals surface area contributed by atoms with Crippen LogP contribution in [0.2, 0.25) is 0 Å². The third-order valence-corrected chi connectivity index (χ3v) is 4.60. The summed E-state index contributed by atoms with van der Waals surface area (Å²) in [6.07, 6.45) is 7.69. The van der Waals surface area contributed by atoms with Crippen LogP contribution in [-0.4, -0.2) is 0 Å². The maximum atomic E-state index is 4.30. The van der Waals surface area contributed by atoms with Gasteiger partial charge in [0.1, 0.15) is 0 Å². The van der Waals surface area contributed by atoms with E-state index in [1.165, 1.54) is 49.7 Å². The minimum atomic E-state index is 0.554. The van der Waals surface area contributed by atoms with E-state index in [1.807, 2.05) is 0 Å². The highest BCUT2D eigenvalue weighted by atomic mass is 14.5. The van der Waals surface area contributed by atoms with E-state index in [0.29, 0.717) is 5.41 Å². The van der Waals surface area contributed by atoms with Gasteiger partial charge in [0.05, 0.1) is 0 Å². The summed E-state index contributed by atoms with van der Waals surface area (Å²) < 4.78 is 0. The van der Waals surface area contributed by atoms with Crippen molar-refractivity contribution in [3.63, 3.8) is 0 Å². The molecular formula is C15H24. The molecule has 2 aliphatic rings. The molecular weight excluding hydrogens is 180 g/mol. The number of rotatable bonds is 0. The molecule has 2 fully saturated rings. The first kappa shape index (κ1) is 11.0. The first-order valence-corrected chi connectivity index (χ1v) is 6.35. The normalized spacial score (nSPS) is 35.9. The molecule has 0 heteroatoms. The number of fused-ring (bicyclic) bond motifs is 1. The van der Waals surface area contributed by atoms with E-state index in [1.54, 1.807) is 0 Å². The average Bonchev–Trinajstić information content (AvgIpc) is 2.18. The Hall–Kier alpha value is -0.520. The fourth-order valence-electron chi connectivity index (χ4n) is 3.50. The molecule has 0 N–H and O–H groups in total. The molecule has 0 aliphatic heterocycles. The Labute approximate surface area is 94.5 Å². The maximum absolute atomic E-state index is 4.30. The fourth-order valence-corrected chi connectivity index (χ4v) is 3.50. The van der Waals surface area contributed by atoms with Crippen molar-refractivity contribution in [3.8, 4) is 0 Å². The van der Waals surface area contributed by atoms with Gasteiger partial charge in [-0.05, 0) is 55.8 Å². The lowest BCUT2D eigenvalue weighted by atomic mass is 9.52. The molecule has 0 amide bonds. The van der Waals surface area contributed by atoms with Crippen LogP contribution in [0.25, 0.3) is 0 Å². The highest BCUT2D eigenvalue weighted by Gasteiger charge is 2.47. The van der Waals surface area contributed by atoms with E-state index in [-0.39, 0.29) is 0 Å². The van der Waals surface area contributed by atoms with Crippen LogP contribution in [0, 0.1) is 17.3 Å². The van der Waals surface area contributed by atoms with E-state index in [0.717, 1.165) is 11.8 Å². The maximum Gasteiger partial charge on any atom is -0.0167 e. The minimum Gasteiger partial charge on any atom is -0.0999 e. The third-order valence-electron chi connectivity index (χ3n) is 4.60. The molecule has 15 heavy (non-hydrogen) atoms. The smallest absolute Gasteiger partial charge is 0.0167 e. The molecule has 0 saturated heterocycles. The quantitative estimate of drug-likeness (QED) is 0.501. The van der Waals surface area contributed by atoms with Crippen LogP contribution in [0.15, 0.2) is 24.3 Å². The largest absolute Gasteiger partial charge is 0.0999 e. The summed E-state index contributed by atoms with van der Waals surface area (Å²) in [5, 5.41) is 0. The monoisotopic (exact) mass is 204 g/mol. The topological polar surface area (TPSA) is 0 Å². The molecule has 0 bridgehead atoms. The highest BCUT2D eigenvalue weighted by molar-refractivity contribution is 5.15. The van der Waals surface area contributed by atoms with Gasteiger partial charge in [-0.25, -0.2) is 0 Å². The summed E-state index contributed by atoms with van der Waals surface area (Å²) >= 11 is 0. The summed E-state index contributed by atoms with van der Waals surface area (Å²) in [6.45, 7) is 13.3. The number of hydrogen-bond donors (Lipinski definition) is 0. The van der Waals surface area contributed by atoms with E-state index >= 15 is 0 Å². The zero-order chi connectivity index (χ0) is 11.1. The van der Waals surface area contributed by atoms with Crippen LogP contribution in [0.3, 0.4) is 0 Å². The Morgan fingerprint density at radius 1 is 1.13 bits per heavy atom. The van der Waals surface area contributed by atoms with Gasteiger partial charge in [0, 0.05) is 0 Å². The summed E-state index contributed by atoms with van der Waals surface area (Å²) in [5.74, 6) is 1.70. The van der Waals surface area contributed by atoms with Gasteiger partial charge in [0.2, 0.25) is 0 Å². The molecule has 2 rings (SSSR count). The van der Waals surface area contributed by atoms with E-state index in [4.69, 9.17) is 0 Å². The molecule has 0 nitrogen and oxygen atoms in total. The molecule has 0 radical (unpaired) electrons. The first-order valence-electron chi connectivity index (χ1n) is 6.35. The van der Waals surface area contributed by atoms with Gasteiger partial charge in [-0.15, -0.1) is 0 Å². The van der Waals surface area contributed by atoms with Gasteiger partial charge < -0.3 is 0 Å². The molecule has 84 valence electrons. The number of allylic oxidation sites excluding steroid dienone is 2. The zero-order valence-electron chi connectivity index (χ0n) is 10.3. The second-order valence-electron chi connectivity index (χ2n) is 6.21. The summed E-state index contributed by atoms with van der Waals surface area (Å²) in [6, 6.07) is 0. The lowest BCUT2D eigenvalue weighted by molar-refractivity contribution is 0.00412. The Morgan fingerprint density at radius 2 is 1.87 bits per heavy atom. The van der Waals surface area contributed by atoms with Crippen molar-refractivity contribution in [1.82, 2.24) is 0 Å². The van der Waals surface area contributed by atoms with Gasteiger partial charge in [-0.3, -0.25) is 0 Å². The van der Waals surface area contributed by atoms with Crippen molar-refractivity contribution in [2.75, 3.05) is 0 Å². The summed E-state index contributed by atoms with van der Waals surface area (Å²) in [4.78, 5) is 0. The molecule has 0 aromatic carbocycles. The van der Waals surface area contributed by atoms with Crippen molar-refractivity contribution < 1.29 is 0 Å². The van der Waals surface area contributed by atoms with Gasteiger partial charge >= 0.3 is 0 Å². The molecule has 0 aromatic rings. The van der Waals surface area contributed by atoms with Gasteiger partial charge in [-0.1, -0.05) is 38.2 Å². The minimum absolute atomic E-state index is 0.554. The Balaban J connectivity index is 2.10. The molecule has 2 saturated carbocycles. The van der Waals surface area contributed by atoms with Crippen LogP contribution in [0.5, 0.6) is 0 Å². The van der Waals surface area contributed by atoms with E-state index < -0.39 is 0 Å². The van der Waals surface area contributed by atoms with Gasteiger partial charge in [-0.2, -0.15) is 0 Å². The van der Waals surface area contributed by atoms with Gasteiger partial charge in [0.25, 0.3) is 0 Å². The Kier molecular flexibility index (Phi) is 2.79. The van der Waals surface area contributed by atoms with E-state index in [9.17, 15) is 0 Å². The standard InChI is InChI=1S/C15H24/c1-11-6-5-7-12(2)13-10-15(3,4)14(13)9-8-11/h13-14H,1-2,5-10H2,3-4H3/t13-,14-/m1/s1. The molecule has 0 spiro atoms. The Bertz CT molecular complexity index is 282. The van der Waals surface area contributed by atoms with Crippen LogP contribution in [-0.2, 0) is 0 Å². The molecule has 0 heterocycles. The van der Waals surface area contributed by atoms with Crippen molar-refractivity contribution in [1.29, 1.82) is 0 Å². The zero-order valence-corrected chi connectivity index (χ0v) is 10.3. The lowest BCUT2D eigenvalue weighted by Gasteiger charge is -2.53. The van der Waals surface area contributed by atoms with Crippen molar-refractivity contribution in [2.45, 2.75) is 52.4 Å². The highest BCUT2D eigenvalue weighted by Crippen LogP contribution is 2.56. The predicted molar refractivity (Wildman–Crippen MR) is 66.7 cm³/mol. The van der Waals surface area contributed by atoms with Crippen LogP contribution >= 0.6 is 0 Å². The SMILES string of the molecule is C=C1CCCC(=C)[C@H]2CC(C)(C)[C@@H]2CC1. The van der Waals surface area contributed by atoms with Crippen LogP contribution < -0.4 is 0 Å². The van der Waals surface area contributed by atoms with Crippen molar-refractivity contribution in [2.24, 2.45) is 17.3 Å². The Morgan fingerprint density at radius 3 is 2.53 bits per heavy atom. The molecule has 2 aliphatic carbocycles. The second-order valence-corrected chi connectivity index (χ2v) is 6.21. The van der Waals surface area contributed by atoms with Crippen LogP contribution in [0.1, 0.15) is 52.4 Å². The number of hydrogen-bond acceptors (Lipinski definition) is 0. The lowest BCUT2D eigenvalue weighted by Crippen LogP contribution is -2.44. The second kappa shape index (κ2) is 3.81. The molecule has 0 unspecified atom stereocenters. The molecule has 2 atom stereocenters. The summed E-state index contributed by atoms with van der Waals surface area (Å²) in [5.41, 5.74) is 3.54. The third kappa shape index (κ3) is 2.04. The summed E-state index contributed by atoms with van der Waals surface area (Å²) in [7, 11) is 0. The van der Waals surface area contributed by atoms with E-state index in [2.05, 4.69) is 27.0 Å². The first-order chi connectivity index (χ1) is 7.00.